The number of carbonyl (C=O) groups excluding carboxylic acids is 1. The number of nitrogens with zero attached hydrogens (tertiary/aromatic N) is 5. The van der Waals surface area contributed by atoms with Crippen molar-refractivity contribution in [1.82, 2.24) is 29.4 Å². The van der Waals surface area contributed by atoms with Gasteiger partial charge in [-0.2, -0.15) is 5.10 Å². The number of nitrogens with one attached hydrogen (secondary N) is 1. The van der Waals surface area contributed by atoms with Crippen molar-refractivity contribution < 1.29 is 4.79 Å². The Balaban J connectivity index is 1.55. The molecule has 4 heterocycles. The highest BCUT2D eigenvalue weighted by molar-refractivity contribution is 5.77. The number of aryl methyl sites for hydroxylation is 1. The van der Waals surface area contributed by atoms with E-state index in [4.69, 9.17) is 0 Å². The molecular weight excluding hydrogens is 316 g/mol. The summed E-state index contributed by atoms with van der Waals surface area (Å²) in [7, 11) is 3.79. The van der Waals surface area contributed by atoms with E-state index in [0.29, 0.717) is 13.0 Å². The van der Waals surface area contributed by atoms with Crippen LogP contribution in [0.3, 0.4) is 0 Å². The van der Waals surface area contributed by atoms with E-state index >= 15 is 0 Å². The van der Waals surface area contributed by atoms with E-state index in [1.54, 1.807) is 6.20 Å². The number of hydrogen-bond acceptors (Lipinski definition) is 4. The summed E-state index contributed by atoms with van der Waals surface area (Å²) in [5.74, 6) is 0.178. The van der Waals surface area contributed by atoms with E-state index in [9.17, 15) is 4.79 Å². The number of aromatic nitrogens is 4. The molecule has 1 aliphatic rings. The molecule has 0 spiro atoms. The average molecular weight is 338 g/mol. The Labute approximate surface area is 146 Å². The van der Waals surface area contributed by atoms with Crippen LogP contribution in [-0.2, 0) is 18.4 Å². The Bertz CT molecular complexity index is 865. The van der Waals surface area contributed by atoms with Gasteiger partial charge in [0.05, 0.1) is 17.4 Å². The molecule has 4 rings (SSSR count). The number of rotatable bonds is 4. The Morgan fingerprint density at radius 1 is 1.28 bits per heavy atom. The normalized spacial score (nSPS) is 21.2. The molecule has 3 aromatic heterocycles. The van der Waals surface area contributed by atoms with Gasteiger partial charge in [-0.3, -0.25) is 9.48 Å². The van der Waals surface area contributed by atoms with Crippen LogP contribution in [0.1, 0.15) is 30.3 Å². The van der Waals surface area contributed by atoms with Gasteiger partial charge in [-0.15, -0.1) is 0 Å². The summed E-state index contributed by atoms with van der Waals surface area (Å²) in [5, 5.41) is 7.87. The first-order chi connectivity index (χ1) is 12.1. The zero-order valence-corrected chi connectivity index (χ0v) is 14.5. The molecule has 7 heteroatoms. The fourth-order valence-electron chi connectivity index (χ4n) is 3.64. The Morgan fingerprint density at radius 3 is 2.92 bits per heavy atom. The van der Waals surface area contributed by atoms with Crippen molar-refractivity contribution in [1.29, 1.82) is 0 Å². The SMILES string of the molecule is CN1C(=O)CC[C@@H](NCc2cn3ccccc3n2)[C@@H]1c1ccnn1C. The molecular formula is C18H22N6O. The maximum absolute atomic E-state index is 12.2. The van der Waals surface area contributed by atoms with Crippen LogP contribution in [0.15, 0.2) is 42.9 Å². The fraction of sp³-hybridized carbons (Fsp3) is 0.389. The molecule has 0 bridgehead atoms. The highest BCUT2D eigenvalue weighted by Gasteiger charge is 2.36. The molecule has 2 atom stereocenters. The van der Waals surface area contributed by atoms with Crippen LogP contribution in [0, 0.1) is 0 Å². The number of likely N-dealkylation sites (tertiary alicyclic amines) is 1. The quantitative estimate of drug-likeness (QED) is 0.783. The maximum Gasteiger partial charge on any atom is 0.222 e. The van der Waals surface area contributed by atoms with Crippen LogP contribution in [-0.4, -0.2) is 43.1 Å². The molecule has 1 amide bonds. The third-order valence-corrected chi connectivity index (χ3v) is 4.98. The first-order valence-corrected chi connectivity index (χ1v) is 8.53. The summed E-state index contributed by atoms with van der Waals surface area (Å²) in [5.41, 5.74) is 2.98. The minimum atomic E-state index is -0.0224. The van der Waals surface area contributed by atoms with Crippen molar-refractivity contribution in [2.24, 2.45) is 7.05 Å². The lowest BCUT2D eigenvalue weighted by atomic mass is 9.93. The van der Waals surface area contributed by atoms with Crippen molar-refractivity contribution in [3.63, 3.8) is 0 Å². The van der Waals surface area contributed by atoms with Gasteiger partial charge in [0.15, 0.2) is 0 Å². The van der Waals surface area contributed by atoms with Gasteiger partial charge in [0.2, 0.25) is 5.91 Å². The lowest BCUT2D eigenvalue weighted by molar-refractivity contribution is -0.136. The van der Waals surface area contributed by atoms with E-state index < -0.39 is 0 Å². The fourth-order valence-corrected chi connectivity index (χ4v) is 3.64. The number of carbonyl (C=O) groups is 1. The highest BCUT2D eigenvalue weighted by atomic mass is 16.2. The van der Waals surface area contributed by atoms with Gasteiger partial charge in [0.1, 0.15) is 5.65 Å². The number of pyridine rings is 1. The van der Waals surface area contributed by atoms with E-state index in [0.717, 1.165) is 23.5 Å². The number of amides is 1. The predicted molar refractivity (Wildman–Crippen MR) is 93.8 cm³/mol. The van der Waals surface area contributed by atoms with Crippen molar-refractivity contribution in [3.05, 3.63) is 54.2 Å². The molecule has 0 aromatic carbocycles. The Kier molecular flexibility index (Phi) is 4.01. The Hall–Kier alpha value is -2.67. The molecule has 7 nitrogen and oxygen atoms in total. The molecule has 25 heavy (non-hydrogen) atoms. The summed E-state index contributed by atoms with van der Waals surface area (Å²) in [6.07, 6.45) is 7.19. The van der Waals surface area contributed by atoms with Crippen LogP contribution >= 0.6 is 0 Å². The van der Waals surface area contributed by atoms with Gasteiger partial charge >= 0.3 is 0 Å². The van der Waals surface area contributed by atoms with Crippen LogP contribution < -0.4 is 5.32 Å². The van der Waals surface area contributed by atoms with Gasteiger partial charge in [-0.05, 0) is 24.6 Å². The molecule has 0 unspecified atom stereocenters. The average Bonchev–Trinajstić information content (AvgIpc) is 3.21. The number of hydrogen-bond donors (Lipinski definition) is 1. The molecule has 0 saturated carbocycles. The zero-order chi connectivity index (χ0) is 17.4. The third-order valence-electron chi connectivity index (χ3n) is 4.98. The monoisotopic (exact) mass is 338 g/mol. The van der Waals surface area contributed by atoms with Crippen LogP contribution in [0.25, 0.3) is 5.65 Å². The van der Waals surface area contributed by atoms with E-state index in [1.165, 1.54) is 0 Å². The second kappa shape index (κ2) is 6.33. The largest absolute Gasteiger partial charge is 0.336 e. The van der Waals surface area contributed by atoms with Crippen molar-refractivity contribution in [2.45, 2.75) is 31.5 Å². The topological polar surface area (TPSA) is 67.5 Å². The molecule has 1 fully saturated rings. The molecule has 1 aliphatic heterocycles. The zero-order valence-electron chi connectivity index (χ0n) is 14.5. The molecule has 3 aromatic rings. The first-order valence-electron chi connectivity index (χ1n) is 8.53. The highest BCUT2D eigenvalue weighted by Crippen LogP contribution is 2.30. The van der Waals surface area contributed by atoms with Gasteiger partial charge < -0.3 is 14.6 Å². The maximum atomic E-state index is 12.2. The van der Waals surface area contributed by atoms with E-state index in [-0.39, 0.29) is 18.0 Å². The summed E-state index contributed by atoms with van der Waals surface area (Å²) in [6.45, 7) is 0.669. The molecule has 1 N–H and O–H groups in total. The molecule has 0 aliphatic carbocycles. The van der Waals surface area contributed by atoms with Gasteiger partial charge in [-0.25, -0.2) is 4.98 Å². The standard InChI is InChI=1S/C18H22N6O/c1-22-17(25)7-6-14(18(22)15-8-9-20-23(15)2)19-11-13-12-24-10-4-3-5-16(24)21-13/h3-5,8-10,12,14,18-19H,6-7,11H2,1-2H3/t14-,18-/m1/s1. The van der Waals surface area contributed by atoms with Crippen molar-refractivity contribution in [3.8, 4) is 0 Å². The molecule has 1 saturated heterocycles. The number of imidazole rings is 1. The lowest BCUT2D eigenvalue weighted by Gasteiger charge is -2.39. The predicted octanol–water partition coefficient (Wildman–Crippen LogP) is 1.52. The minimum absolute atomic E-state index is 0.0224. The summed E-state index contributed by atoms with van der Waals surface area (Å²) in [4.78, 5) is 18.7. The van der Waals surface area contributed by atoms with Gasteiger partial charge in [0, 0.05) is 51.7 Å². The number of likely N-dealkylation sites (N-methyl/N-ethyl adjacent to an activating group) is 1. The summed E-state index contributed by atoms with van der Waals surface area (Å²) < 4.78 is 3.87. The van der Waals surface area contributed by atoms with Crippen molar-refractivity contribution in [2.75, 3.05) is 7.05 Å². The third kappa shape index (κ3) is 2.91. The van der Waals surface area contributed by atoms with Crippen LogP contribution in [0.5, 0.6) is 0 Å². The smallest absolute Gasteiger partial charge is 0.222 e. The van der Waals surface area contributed by atoms with Crippen LogP contribution in [0.2, 0.25) is 0 Å². The summed E-state index contributed by atoms with van der Waals surface area (Å²) >= 11 is 0. The number of piperidine rings is 1. The van der Waals surface area contributed by atoms with E-state index in [1.807, 2.05) is 64.7 Å². The van der Waals surface area contributed by atoms with Crippen molar-refractivity contribution >= 4 is 11.6 Å². The second-order valence-electron chi connectivity index (χ2n) is 6.55. The second-order valence-corrected chi connectivity index (χ2v) is 6.55. The van der Waals surface area contributed by atoms with E-state index in [2.05, 4.69) is 15.4 Å². The summed E-state index contributed by atoms with van der Waals surface area (Å²) in [6, 6.07) is 8.11. The van der Waals surface area contributed by atoms with Gasteiger partial charge in [-0.1, -0.05) is 6.07 Å². The molecule has 0 radical (unpaired) electrons. The Morgan fingerprint density at radius 2 is 2.16 bits per heavy atom. The van der Waals surface area contributed by atoms with Gasteiger partial charge in [0.25, 0.3) is 0 Å². The molecule has 130 valence electrons. The first kappa shape index (κ1) is 15.8. The lowest BCUT2D eigenvalue weighted by Crippen LogP contribution is -2.49. The minimum Gasteiger partial charge on any atom is -0.336 e. The number of fused-ring (bicyclic) bond motifs is 1. The van der Waals surface area contributed by atoms with Crippen LogP contribution in [0.4, 0.5) is 0 Å².